The van der Waals surface area contributed by atoms with Crippen LogP contribution >= 0.6 is 11.8 Å². The van der Waals surface area contributed by atoms with Crippen LogP contribution in [0.3, 0.4) is 0 Å². The maximum atomic E-state index is 13.1. The van der Waals surface area contributed by atoms with Gasteiger partial charge in [0.05, 0.1) is 11.2 Å². The summed E-state index contributed by atoms with van der Waals surface area (Å²) in [5, 5.41) is 11.7. The average Bonchev–Trinajstić information content (AvgIpc) is 2.79. The third kappa shape index (κ3) is 5.54. The van der Waals surface area contributed by atoms with Crippen molar-refractivity contribution in [1.29, 1.82) is 0 Å². The molecule has 1 aromatic carbocycles. The summed E-state index contributed by atoms with van der Waals surface area (Å²) in [5.41, 5.74) is 2.05. The quantitative estimate of drug-likeness (QED) is 0.341. The van der Waals surface area contributed by atoms with Gasteiger partial charge in [0.1, 0.15) is 5.82 Å². The first-order chi connectivity index (χ1) is 16.5. The highest BCUT2D eigenvalue weighted by atomic mass is 32.2. The molecule has 4 fully saturated rings. The summed E-state index contributed by atoms with van der Waals surface area (Å²) in [6, 6.07) is 10.1. The number of carbonyl (C=O) groups is 1. The van der Waals surface area contributed by atoms with E-state index in [2.05, 4.69) is 41.7 Å². The highest BCUT2D eigenvalue weighted by Gasteiger charge is 2.51. The summed E-state index contributed by atoms with van der Waals surface area (Å²) < 4.78 is 0. The molecule has 0 saturated heterocycles. The lowest BCUT2D eigenvalue weighted by Gasteiger charge is -2.56. The molecule has 0 spiro atoms. The predicted octanol–water partition coefficient (Wildman–Crippen LogP) is 6.08. The Morgan fingerprint density at radius 3 is 2.56 bits per heavy atom. The molecule has 5 nitrogen and oxygen atoms in total. The van der Waals surface area contributed by atoms with Gasteiger partial charge in [-0.1, -0.05) is 13.0 Å². The summed E-state index contributed by atoms with van der Waals surface area (Å²) in [6.07, 6.45) is 11.9. The molecular weight excluding hydrogens is 440 g/mol. The third-order valence-electron chi connectivity index (χ3n) is 8.28. The molecule has 1 heterocycles. The summed E-state index contributed by atoms with van der Waals surface area (Å²) in [4.78, 5) is 17.9. The zero-order chi connectivity index (χ0) is 23.5. The van der Waals surface area contributed by atoms with E-state index in [-0.39, 0.29) is 11.3 Å². The van der Waals surface area contributed by atoms with Gasteiger partial charge in [0.25, 0.3) is 0 Å². The first kappa shape index (κ1) is 23.9. The zero-order valence-electron chi connectivity index (χ0n) is 20.6. The Balaban J connectivity index is 1.16. The van der Waals surface area contributed by atoms with Crippen LogP contribution in [0.15, 0.2) is 30.3 Å². The summed E-state index contributed by atoms with van der Waals surface area (Å²) in [6.45, 7) is 6.06. The number of nitrogens with zero attached hydrogens (tertiary/aromatic N) is 1. The summed E-state index contributed by atoms with van der Waals surface area (Å²) in [5.74, 6) is 3.66. The highest BCUT2D eigenvalue weighted by molar-refractivity contribution is 7.99. The number of hydrogen-bond acceptors (Lipinski definition) is 5. The van der Waals surface area contributed by atoms with E-state index in [0.29, 0.717) is 11.7 Å². The maximum absolute atomic E-state index is 13.1. The van der Waals surface area contributed by atoms with Gasteiger partial charge in [-0.2, -0.15) is 11.8 Å². The van der Waals surface area contributed by atoms with Crippen LogP contribution in [0.25, 0.3) is 10.9 Å². The summed E-state index contributed by atoms with van der Waals surface area (Å²) >= 11 is 1.88. The van der Waals surface area contributed by atoms with Crippen molar-refractivity contribution < 1.29 is 4.79 Å². The Kier molecular flexibility index (Phi) is 7.35. The lowest BCUT2D eigenvalue weighted by molar-refractivity contribution is -0.124. The molecule has 1 aromatic heterocycles. The highest BCUT2D eigenvalue weighted by Crippen LogP contribution is 2.61. The number of carbonyl (C=O) groups excluding carboxylic acids is 1. The molecule has 1 atom stereocenters. The van der Waals surface area contributed by atoms with Gasteiger partial charge >= 0.3 is 0 Å². The van der Waals surface area contributed by atoms with Crippen LogP contribution in [0.2, 0.25) is 0 Å². The normalized spacial score (nSPS) is 28.2. The van der Waals surface area contributed by atoms with E-state index in [9.17, 15) is 4.79 Å². The minimum absolute atomic E-state index is 0.176. The van der Waals surface area contributed by atoms with Crippen LogP contribution in [0.4, 0.5) is 11.5 Å². The Hall–Kier alpha value is -1.79. The number of anilines is 2. The standard InChI is InChI=1S/C28H39N4OS/c1-19(34-2)8-9-29-10-11-30-26-7-6-23-24(31-26)4-3-5-25(23)32-27(33)18-28-15-20-12-21(16-28)14-22(13-20)17-28/h3-7,9,19-22,29H,8,10-18H2,1-2H3,(H,30,31)(H,32,33). The first-order valence-corrected chi connectivity index (χ1v) is 14.3. The van der Waals surface area contributed by atoms with E-state index in [1.165, 1.54) is 38.5 Å². The molecule has 0 aliphatic heterocycles. The number of rotatable bonds is 11. The molecule has 4 aliphatic carbocycles. The van der Waals surface area contributed by atoms with Crippen LogP contribution in [-0.2, 0) is 4.79 Å². The fourth-order valence-electron chi connectivity index (χ4n) is 7.11. The second-order valence-corrected chi connectivity index (χ2v) is 12.4. The lowest BCUT2D eigenvalue weighted by atomic mass is 9.49. The van der Waals surface area contributed by atoms with Gasteiger partial charge < -0.3 is 16.0 Å². The van der Waals surface area contributed by atoms with Crippen molar-refractivity contribution in [1.82, 2.24) is 10.3 Å². The predicted molar refractivity (Wildman–Crippen MR) is 144 cm³/mol. The van der Waals surface area contributed by atoms with Gasteiger partial charge in [0, 0.05) is 36.7 Å². The number of amides is 1. The Morgan fingerprint density at radius 2 is 1.85 bits per heavy atom. The van der Waals surface area contributed by atoms with Gasteiger partial charge in [-0.3, -0.25) is 4.79 Å². The van der Waals surface area contributed by atoms with Gasteiger partial charge in [-0.15, -0.1) is 0 Å². The van der Waals surface area contributed by atoms with Crippen LogP contribution < -0.4 is 16.0 Å². The number of pyridine rings is 1. The number of benzene rings is 1. The minimum Gasteiger partial charge on any atom is -0.369 e. The first-order valence-electron chi connectivity index (χ1n) is 13.0. The van der Waals surface area contributed by atoms with Crippen molar-refractivity contribution >= 4 is 40.1 Å². The number of thioether (sulfide) groups is 1. The van der Waals surface area contributed by atoms with E-state index in [1.54, 1.807) is 0 Å². The Labute approximate surface area is 208 Å². The van der Waals surface area contributed by atoms with E-state index in [1.807, 2.05) is 36.0 Å². The van der Waals surface area contributed by atoms with Crippen LogP contribution in [0, 0.1) is 29.7 Å². The van der Waals surface area contributed by atoms with Crippen molar-refractivity contribution in [3.05, 3.63) is 36.9 Å². The van der Waals surface area contributed by atoms with Gasteiger partial charge in [-0.05, 0) is 98.6 Å². The summed E-state index contributed by atoms with van der Waals surface area (Å²) in [7, 11) is 0. The number of hydrogen-bond donors (Lipinski definition) is 3. The van der Waals surface area contributed by atoms with Crippen molar-refractivity contribution in [2.75, 3.05) is 30.0 Å². The van der Waals surface area contributed by atoms with E-state index < -0.39 is 0 Å². The lowest BCUT2D eigenvalue weighted by Crippen LogP contribution is -2.47. The maximum Gasteiger partial charge on any atom is 0.224 e. The second-order valence-electron chi connectivity index (χ2n) is 11.1. The van der Waals surface area contributed by atoms with Crippen molar-refractivity contribution in [3.8, 4) is 0 Å². The monoisotopic (exact) mass is 479 g/mol. The van der Waals surface area contributed by atoms with Gasteiger partial charge in [-0.25, -0.2) is 4.98 Å². The zero-order valence-corrected chi connectivity index (χ0v) is 21.4. The fourth-order valence-corrected chi connectivity index (χ4v) is 7.40. The van der Waals surface area contributed by atoms with E-state index in [0.717, 1.165) is 59.7 Å². The van der Waals surface area contributed by atoms with Crippen LogP contribution in [0.1, 0.15) is 58.3 Å². The third-order valence-corrected chi connectivity index (χ3v) is 9.28. The van der Waals surface area contributed by atoms with Crippen molar-refractivity contribution in [2.45, 2.75) is 63.5 Å². The minimum atomic E-state index is 0.176. The molecule has 183 valence electrons. The molecular formula is C28H39N4OS. The Bertz CT molecular complexity index is 974. The molecule has 4 saturated carbocycles. The topological polar surface area (TPSA) is 66.0 Å². The smallest absolute Gasteiger partial charge is 0.224 e. The fraction of sp³-hybridized carbons (Fsp3) is 0.607. The largest absolute Gasteiger partial charge is 0.369 e. The van der Waals surface area contributed by atoms with E-state index in [4.69, 9.17) is 4.98 Å². The molecule has 6 rings (SSSR count). The van der Waals surface area contributed by atoms with Crippen molar-refractivity contribution in [2.24, 2.45) is 23.2 Å². The molecule has 3 N–H and O–H groups in total. The van der Waals surface area contributed by atoms with Crippen molar-refractivity contribution in [3.63, 3.8) is 0 Å². The number of nitrogens with one attached hydrogen (secondary N) is 3. The number of aromatic nitrogens is 1. The molecule has 1 unspecified atom stereocenters. The molecule has 4 bridgehead atoms. The second kappa shape index (κ2) is 10.4. The van der Waals surface area contributed by atoms with E-state index >= 15 is 0 Å². The average molecular weight is 480 g/mol. The van der Waals surface area contributed by atoms with Gasteiger partial charge in [0.2, 0.25) is 5.91 Å². The molecule has 4 aliphatic rings. The number of fused-ring (bicyclic) bond motifs is 1. The SMILES string of the molecule is CSC(C)C[CH]NCCNc1ccc2c(NC(=O)CC34CC5CC(CC(C5)C3)C4)cccc2n1. The molecule has 1 radical (unpaired) electrons. The molecule has 1 amide bonds. The molecule has 6 heteroatoms. The Morgan fingerprint density at radius 1 is 1.12 bits per heavy atom. The van der Waals surface area contributed by atoms with Crippen LogP contribution in [0.5, 0.6) is 0 Å². The van der Waals surface area contributed by atoms with Crippen LogP contribution in [-0.4, -0.2) is 35.5 Å². The molecule has 2 aromatic rings. The molecule has 34 heavy (non-hydrogen) atoms. The van der Waals surface area contributed by atoms with Gasteiger partial charge in [0.15, 0.2) is 0 Å².